The summed E-state index contributed by atoms with van der Waals surface area (Å²) in [6.45, 7) is 2.99. The first-order valence-electron chi connectivity index (χ1n) is 6.21. The minimum Gasteiger partial charge on any atom is -0.398 e. The van der Waals surface area contributed by atoms with E-state index in [4.69, 9.17) is 12.2 Å². The summed E-state index contributed by atoms with van der Waals surface area (Å²) in [6, 6.07) is 5.51. The fraction of sp³-hybridized carbons (Fsp3) is 0.400. The van der Waals surface area contributed by atoms with Gasteiger partial charge >= 0.3 is 0 Å². The summed E-state index contributed by atoms with van der Waals surface area (Å²) in [6.07, 6.45) is 7.73. The predicted molar refractivity (Wildman–Crippen MR) is 73.1 cm³/mol. The van der Waals surface area contributed by atoms with Gasteiger partial charge in [-0.15, -0.1) is 6.42 Å². The molecule has 1 aliphatic carbocycles. The second kappa shape index (κ2) is 5.14. The van der Waals surface area contributed by atoms with Crippen LogP contribution in [0.15, 0.2) is 18.2 Å². The monoisotopic (exact) mass is 242 g/mol. The van der Waals surface area contributed by atoms with Gasteiger partial charge in [0.15, 0.2) is 0 Å². The molecule has 3 nitrogen and oxygen atoms in total. The number of carbonyl (C=O) groups is 1. The first kappa shape index (κ1) is 12.5. The third-order valence-corrected chi connectivity index (χ3v) is 3.26. The maximum atomic E-state index is 12.5. The topological polar surface area (TPSA) is 46.3 Å². The van der Waals surface area contributed by atoms with Crippen LogP contribution in [0.25, 0.3) is 0 Å². The first-order valence-corrected chi connectivity index (χ1v) is 6.21. The van der Waals surface area contributed by atoms with E-state index in [1.807, 2.05) is 19.1 Å². The van der Waals surface area contributed by atoms with Gasteiger partial charge in [0.2, 0.25) is 0 Å². The van der Waals surface area contributed by atoms with E-state index in [1.54, 1.807) is 11.0 Å². The molecule has 0 aromatic heterocycles. The Labute approximate surface area is 108 Å². The zero-order chi connectivity index (χ0) is 13.1. The van der Waals surface area contributed by atoms with Gasteiger partial charge in [0.1, 0.15) is 0 Å². The number of benzene rings is 1. The van der Waals surface area contributed by atoms with E-state index in [1.165, 1.54) is 12.8 Å². The lowest BCUT2D eigenvalue weighted by molar-refractivity contribution is 0.0770. The SMILES string of the molecule is C#CCN(CC1CC1)C(=O)c1c(C)cccc1N. The molecule has 0 saturated heterocycles. The number of hydrogen-bond acceptors (Lipinski definition) is 2. The van der Waals surface area contributed by atoms with E-state index in [2.05, 4.69) is 5.92 Å². The molecule has 2 rings (SSSR count). The molecule has 0 bridgehead atoms. The number of nitrogens with two attached hydrogens (primary N) is 1. The van der Waals surface area contributed by atoms with Gasteiger partial charge in [0, 0.05) is 12.2 Å². The molecule has 1 aliphatic rings. The quantitative estimate of drug-likeness (QED) is 0.649. The van der Waals surface area contributed by atoms with Gasteiger partial charge in [-0.25, -0.2) is 0 Å². The maximum Gasteiger partial charge on any atom is 0.257 e. The summed E-state index contributed by atoms with van der Waals surface area (Å²) in [5.41, 5.74) is 7.92. The van der Waals surface area contributed by atoms with E-state index in [-0.39, 0.29) is 5.91 Å². The molecule has 0 spiro atoms. The number of nitrogens with zero attached hydrogens (tertiary/aromatic N) is 1. The summed E-state index contributed by atoms with van der Waals surface area (Å²) < 4.78 is 0. The molecule has 1 saturated carbocycles. The molecule has 2 N–H and O–H groups in total. The third-order valence-electron chi connectivity index (χ3n) is 3.26. The highest BCUT2D eigenvalue weighted by Crippen LogP contribution is 2.30. The number of nitrogen functional groups attached to an aromatic ring is 1. The van der Waals surface area contributed by atoms with Gasteiger partial charge in [0.25, 0.3) is 5.91 Å². The first-order chi connectivity index (χ1) is 8.63. The number of hydrogen-bond donors (Lipinski definition) is 1. The van der Waals surface area contributed by atoms with Crippen LogP contribution in [0.2, 0.25) is 0 Å². The van der Waals surface area contributed by atoms with Crippen molar-refractivity contribution in [1.82, 2.24) is 4.90 Å². The normalized spacial score (nSPS) is 14.0. The standard InChI is InChI=1S/C15H18N2O/c1-3-9-17(10-12-7-8-12)15(18)14-11(2)5-4-6-13(14)16/h1,4-6,12H,7-10,16H2,2H3. The highest BCUT2D eigenvalue weighted by Gasteiger charge is 2.28. The smallest absolute Gasteiger partial charge is 0.257 e. The maximum absolute atomic E-state index is 12.5. The molecular weight excluding hydrogens is 224 g/mol. The molecule has 1 aromatic rings. The van der Waals surface area contributed by atoms with Crippen molar-refractivity contribution >= 4 is 11.6 Å². The molecule has 0 unspecified atom stereocenters. The number of carbonyl (C=O) groups excluding carboxylic acids is 1. The molecule has 0 aliphatic heterocycles. The number of anilines is 1. The lowest BCUT2D eigenvalue weighted by Crippen LogP contribution is -2.34. The Morgan fingerprint density at radius 2 is 2.28 bits per heavy atom. The molecule has 0 radical (unpaired) electrons. The van der Waals surface area contributed by atoms with Gasteiger partial charge in [0.05, 0.1) is 12.1 Å². The molecule has 0 atom stereocenters. The van der Waals surface area contributed by atoms with Crippen molar-refractivity contribution in [2.24, 2.45) is 5.92 Å². The number of terminal acetylenes is 1. The number of amides is 1. The zero-order valence-electron chi connectivity index (χ0n) is 10.6. The zero-order valence-corrected chi connectivity index (χ0v) is 10.6. The van der Waals surface area contributed by atoms with E-state index in [0.29, 0.717) is 23.7 Å². The molecular formula is C15H18N2O. The molecule has 0 heterocycles. The van der Waals surface area contributed by atoms with Gasteiger partial charge in [-0.3, -0.25) is 4.79 Å². The largest absolute Gasteiger partial charge is 0.398 e. The average Bonchev–Trinajstić information content (AvgIpc) is 3.12. The second-order valence-corrected chi connectivity index (χ2v) is 4.87. The van der Waals surface area contributed by atoms with E-state index >= 15 is 0 Å². The van der Waals surface area contributed by atoms with Crippen molar-refractivity contribution in [3.8, 4) is 12.3 Å². The van der Waals surface area contributed by atoms with E-state index in [9.17, 15) is 4.79 Å². The van der Waals surface area contributed by atoms with Crippen LogP contribution in [0, 0.1) is 25.2 Å². The molecule has 18 heavy (non-hydrogen) atoms. The van der Waals surface area contributed by atoms with Crippen LogP contribution in [-0.2, 0) is 0 Å². The summed E-state index contributed by atoms with van der Waals surface area (Å²) in [5.74, 6) is 3.13. The van der Waals surface area contributed by atoms with Crippen molar-refractivity contribution in [1.29, 1.82) is 0 Å². The summed E-state index contributed by atoms with van der Waals surface area (Å²) in [5, 5.41) is 0. The Morgan fingerprint density at radius 3 is 2.83 bits per heavy atom. The molecule has 94 valence electrons. The average molecular weight is 242 g/mol. The number of rotatable bonds is 4. The van der Waals surface area contributed by atoms with Gasteiger partial charge < -0.3 is 10.6 Å². The second-order valence-electron chi connectivity index (χ2n) is 4.87. The third kappa shape index (κ3) is 2.65. The predicted octanol–water partition coefficient (Wildman–Crippen LogP) is 2.06. The Kier molecular flexibility index (Phi) is 3.57. The van der Waals surface area contributed by atoms with Crippen LogP contribution < -0.4 is 5.73 Å². The molecule has 1 amide bonds. The lowest BCUT2D eigenvalue weighted by atomic mass is 10.1. The van der Waals surface area contributed by atoms with Gasteiger partial charge in [-0.2, -0.15) is 0 Å². The Hall–Kier alpha value is -1.95. The van der Waals surface area contributed by atoms with Gasteiger partial charge in [-0.1, -0.05) is 18.1 Å². The van der Waals surface area contributed by atoms with Crippen molar-refractivity contribution in [2.75, 3.05) is 18.8 Å². The summed E-state index contributed by atoms with van der Waals surface area (Å²) in [4.78, 5) is 14.2. The Balaban J connectivity index is 2.24. The van der Waals surface area contributed by atoms with Gasteiger partial charge in [-0.05, 0) is 37.3 Å². The Bertz CT molecular complexity index is 477. The van der Waals surface area contributed by atoms with Crippen LogP contribution in [-0.4, -0.2) is 23.9 Å². The van der Waals surface area contributed by atoms with E-state index < -0.39 is 0 Å². The van der Waals surface area contributed by atoms with Crippen LogP contribution in [0.5, 0.6) is 0 Å². The van der Waals surface area contributed by atoms with Crippen LogP contribution in [0.3, 0.4) is 0 Å². The highest BCUT2D eigenvalue weighted by molar-refractivity contribution is 6.00. The van der Waals surface area contributed by atoms with E-state index in [0.717, 1.165) is 12.1 Å². The summed E-state index contributed by atoms with van der Waals surface area (Å²) >= 11 is 0. The minimum absolute atomic E-state index is 0.0459. The minimum atomic E-state index is -0.0459. The molecule has 1 fully saturated rings. The number of aryl methyl sites for hydroxylation is 1. The lowest BCUT2D eigenvalue weighted by Gasteiger charge is -2.22. The van der Waals surface area contributed by atoms with Crippen LogP contribution in [0.4, 0.5) is 5.69 Å². The van der Waals surface area contributed by atoms with Crippen LogP contribution >= 0.6 is 0 Å². The van der Waals surface area contributed by atoms with Crippen molar-refractivity contribution in [3.05, 3.63) is 29.3 Å². The molecule has 3 heteroatoms. The van der Waals surface area contributed by atoms with Crippen molar-refractivity contribution in [2.45, 2.75) is 19.8 Å². The summed E-state index contributed by atoms with van der Waals surface area (Å²) in [7, 11) is 0. The molecule has 1 aromatic carbocycles. The fourth-order valence-electron chi connectivity index (χ4n) is 2.08. The van der Waals surface area contributed by atoms with Crippen molar-refractivity contribution < 1.29 is 4.79 Å². The Morgan fingerprint density at radius 1 is 1.56 bits per heavy atom. The van der Waals surface area contributed by atoms with Crippen molar-refractivity contribution in [3.63, 3.8) is 0 Å². The van der Waals surface area contributed by atoms with Crippen LogP contribution in [0.1, 0.15) is 28.8 Å². The highest BCUT2D eigenvalue weighted by atomic mass is 16.2. The fourth-order valence-corrected chi connectivity index (χ4v) is 2.08.